The van der Waals surface area contributed by atoms with Crippen LogP contribution in [0, 0.1) is 19.7 Å². The molecule has 1 unspecified atom stereocenters. The molecule has 0 saturated carbocycles. The van der Waals surface area contributed by atoms with Crippen molar-refractivity contribution in [1.29, 1.82) is 0 Å². The van der Waals surface area contributed by atoms with Crippen LogP contribution in [0.4, 0.5) is 15.8 Å². The summed E-state index contributed by atoms with van der Waals surface area (Å²) in [5.41, 5.74) is 3.34. The summed E-state index contributed by atoms with van der Waals surface area (Å²) in [6, 6.07) is 17.8. The monoisotopic (exact) mass is 418 g/mol. The summed E-state index contributed by atoms with van der Waals surface area (Å²) in [6.07, 6.45) is 0. The number of carbonyl (C=O) groups is 2. The number of amides is 2. The number of methoxy groups -OCH3 is 1. The summed E-state index contributed by atoms with van der Waals surface area (Å²) in [4.78, 5) is 29.8. The molecule has 4 rings (SSSR count). The van der Waals surface area contributed by atoms with Gasteiger partial charge in [0.1, 0.15) is 24.2 Å². The fourth-order valence-corrected chi connectivity index (χ4v) is 3.99. The van der Waals surface area contributed by atoms with Gasteiger partial charge in [0.25, 0.3) is 5.91 Å². The Balaban J connectivity index is 1.85. The number of hydrogen-bond acceptors (Lipinski definition) is 3. The van der Waals surface area contributed by atoms with E-state index in [4.69, 9.17) is 4.74 Å². The second-order valence-electron chi connectivity index (χ2n) is 7.61. The van der Waals surface area contributed by atoms with Gasteiger partial charge in [-0.15, -0.1) is 0 Å². The maximum absolute atomic E-state index is 14.5. The van der Waals surface area contributed by atoms with Crippen molar-refractivity contribution in [2.75, 3.05) is 23.5 Å². The summed E-state index contributed by atoms with van der Waals surface area (Å²) in [5.74, 6) is -0.551. The van der Waals surface area contributed by atoms with E-state index in [1.54, 1.807) is 43.5 Å². The van der Waals surface area contributed by atoms with Gasteiger partial charge < -0.3 is 4.74 Å². The number of ether oxygens (including phenoxy) is 1. The predicted molar refractivity (Wildman–Crippen MR) is 118 cm³/mol. The van der Waals surface area contributed by atoms with Gasteiger partial charge in [-0.1, -0.05) is 42.0 Å². The first-order valence-corrected chi connectivity index (χ1v) is 10.00. The van der Waals surface area contributed by atoms with E-state index in [-0.39, 0.29) is 24.0 Å². The van der Waals surface area contributed by atoms with Crippen molar-refractivity contribution in [2.45, 2.75) is 19.9 Å². The summed E-state index contributed by atoms with van der Waals surface area (Å²) in [5, 5.41) is 0. The van der Waals surface area contributed by atoms with Gasteiger partial charge in [0.05, 0.1) is 12.8 Å². The van der Waals surface area contributed by atoms with Crippen molar-refractivity contribution >= 4 is 23.2 Å². The topological polar surface area (TPSA) is 49.9 Å². The van der Waals surface area contributed by atoms with E-state index in [0.717, 1.165) is 11.1 Å². The van der Waals surface area contributed by atoms with Crippen LogP contribution in [0.15, 0.2) is 66.7 Å². The summed E-state index contributed by atoms with van der Waals surface area (Å²) in [6.45, 7) is 3.65. The highest BCUT2D eigenvalue weighted by Gasteiger charge is 2.42. The zero-order valence-corrected chi connectivity index (χ0v) is 17.6. The maximum atomic E-state index is 14.5. The third-order valence-electron chi connectivity index (χ3n) is 5.51. The van der Waals surface area contributed by atoms with Crippen LogP contribution in [-0.2, 0) is 9.59 Å². The molecule has 1 atom stereocenters. The zero-order chi connectivity index (χ0) is 22.1. The average molecular weight is 418 g/mol. The van der Waals surface area contributed by atoms with E-state index in [0.29, 0.717) is 17.0 Å². The number of rotatable bonds is 4. The molecule has 0 aliphatic carbocycles. The van der Waals surface area contributed by atoms with Gasteiger partial charge >= 0.3 is 0 Å². The molecule has 31 heavy (non-hydrogen) atoms. The maximum Gasteiger partial charge on any atom is 0.255 e. The van der Waals surface area contributed by atoms with Gasteiger partial charge in [-0.25, -0.2) is 4.39 Å². The van der Waals surface area contributed by atoms with Crippen molar-refractivity contribution < 1.29 is 18.7 Å². The molecule has 158 valence electrons. The number of aryl methyl sites for hydroxylation is 2. The minimum absolute atomic E-state index is 0.0969. The molecule has 0 aromatic heterocycles. The largest absolute Gasteiger partial charge is 0.497 e. The SMILES string of the molecule is COc1ccc(C2C(=O)N(c3ccccc3F)CC(=O)N2c2ccc(C)cc2C)cc1. The molecule has 0 spiro atoms. The number of anilines is 2. The van der Waals surface area contributed by atoms with Crippen LogP contribution < -0.4 is 14.5 Å². The Kier molecular flexibility index (Phi) is 5.46. The normalized spacial score (nSPS) is 16.6. The van der Waals surface area contributed by atoms with Crippen molar-refractivity contribution in [3.63, 3.8) is 0 Å². The van der Waals surface area contributed by atoms with E-state index in [9.17, 15) is 14.0 Å². The molecule has 6 heteroatoms. The third-order valence-corrected chi connectivity index (χ3v) is 5.51. The zero-order valence-electron chi connectivity index (χ0n) is 17.6. The summed E-state index contributed by atoms with van der Waals surface area (Å²) >= 11 is 0. The first-order chi connectivity index (χ1) is 14.9. The molecule has 1 aliphatic heterocycles. The molecule has 1 fully saturated rings. The number of halogens is 1. The molecule has 0 radical (unpaired) electrons. The minimum Gasteiger partial charge on any atom is -0.497 e. The molecule has 3 aromatic carbocycles. The minimum atomic E-state index is -0.923. The Morgan fingerprint density at radius 3 is 2.29 bits per heavy atom. The van der Waals surface area contributed by atoms with E-state index >= 15 is 0 Å². The van der Waals surface area contributed by atoms with Crippen molar-refractivity contribution in [3.8, 4) is 5.75 Å². The number of nitrogens with zero attached hydrogens (tertiary/aromatic N) is 2. The van der Waals surface area contributed by atoms with Crippen LogP contribution in [0.2, 0.25) is 0 Å². The fourth-order valence-electron chi connectivity index (χ4n) is 3.99. The van der Waals surface area contributed by atoms with Crippen LogP contribution in [0.1, 0.15) is 22.7 Å². The first-order valence-electron chi connectivity index (χ1n) is 10.00. The lowest BCUT2D eigenvalue weighted by atomic mass is 9.98. The molecule has 0 bridgehead atoms. The Morgan fingerprint density at radius 2 is 1.65 bits per heavy atom. The van der Waals surface area contributed by atoms with Crippen molar-refractivity contribution in [3.05, 3.63) is 89.2 Å². The second-order valence-corrected chi connectivity index (χ2v) is 7.61. The summed E-state index contributed by atoms with van der Waals surface area (Å²) in [7, 11) is 1.56. The standard InChI is InChI=1S/C25H23FN2O3/c1-16-8-13-21(17(2)14-16)28-23(29)15-27(22-7-5-4-6-20(22)26)25(30)24(28)18-9-11-19(31-3)12-10-18/h4-14,24H,15H2,1-3H3. The first kappa shape index (κ1) is 20.6. The molecule has 2 amide bonds. The molecule has 1 saturated heterocycles. The van der Waals surface area contributed by atoms with Crippen molar-refractivity contribution in [2.24, 2.45) is 0 Å². The van der Waals surface area contributed by atoms with Crippen LogP contribution in [-0.4, -0.2) is 25.5 Å². The molecule has 1 aliphatic rings. The Morgan fingerprint density at radius 1 is 0.935 bits per heavy atom. The van der Waals surface area contributed by atoms with Gasteiger partial charge in [-0.3, -0.25) is 19.4 Å². The third kappa shape index (κ3) is 3.77. The van der Waals surface area contributed by atoms with Gasteiger partial charge in [-0.2, -0.15) is 0 Å². The van der Waals surface area contributed by atoms with Crippen molar-refractivity contribution in [1.82, 2.24) is 0 Å². The van der Waals surface area contributed by atoms with Crippen LogP contribution in [0.25, 0.3) is 0 Å². The fraction of sp³-hybridized carbons (Fsp3) is 0.200. The number of benzene rings is 3. The lowest BCUT2D eigenvalue weighted by Gasteiger charge is -2.41. The Labute approximate surface area is 180 Å². The van der Waals surface area contributed by atoms with Gasteiger partial charge in [0.15, 0.2) is 0 Å². The lowest BCUT2D eigenvalue weighted by molar-refractivity contribution is -0.128. The van der Waals surface area contributed by atoms with Crippen LogP contribution in [0.3, 0.4) is 0 Å². The van der Waals surface area contributed by atoms with Gasteiger partial charge in [-0.05, 0) is 55.3 Å². The highest BCUT2D eigenvalue weighted by molar-refractivity contribution is 6.14. The molecular formula is C25H23FN2O3. The van der Waals surface area contributed by atoms with E-state index in [1.807, 2.05) is 32.0 Å². The quantitative estimate of drug-likeness (QED) is 0.624. The summed E-state index contributed by atoms with van der Waals surface area (Å²) < 4.78 is 19.7. The molecule has 5 nitrogen and oxygen atoms in total. The highest BCUT2D eigenvalue weighted by Crippen LogP contribution is 2.37. The smallest absolute Gasteiger partial charge is 0.255 e. The molecule has 3 aromatic rings. The van der Waals surface area contributed by atoms with Crippen LogP contribution in [0.5, 0.6) is 5.75 Å². The predicted octanol–water partition coefficient (Wildman–Crippen LogP) is 4.57. The van der Waals surface area contributed by atoms with Gasteiger partial charge in [0, 0.05) is 5.69 Å². The average Bonchev–Trinajstić information content (AvgIpc) is 2.76. The van der Waals surface area contributed by atoms with E-state index < -0.39 is 11.9 Å². The van der Waals surface area contributed by atoms with Crippen LogP contribution >= 0.6 is 0 Å². The molecular weight excluding hydrogens is 395 g/mol. The second kappa shape index (κ2) is 8.22. The number of para-hydroxylation sites is 1. The number of hydrogen-bond donors (Lipinski definition) is 0. The Bertz CT molecular complexity index is 1140. The van der Waals surface area contributed by atoms with E-state index in [2.05, 4.69) is 0 Å². The Hall–Kier alpha value is -3.67. The highest BCUT2D eigenvalue weighted by atomic mass is 19.1. The number of piperazine rings is 1. The molecule has 1 heterocycles. The van der Waals surface area contributed by atoms with Gasteiger partial charge in [0.2, 0.25) is 5.91 Å². The molecule has 0 N–H and O–H groups in total. The lowest BCUT2D eigenvalue weighted by Crippen LogP contribution is -2.56. The van der Waals surface area contributed by atoms with E-state index in [1.165, 1.54) is 21.9 Å². The number of carbonyl (C=O) groups excluding carboxylic acids is 2.